The van der Waals surface area contributed by atoms with E-state index in [1.807, 2.05) is 0 Å². The fourth-order valence-corrected chi connectivity index (χ4v) is 1.22. The van der Waals surface area contributed by atoms with Crippen LogP contribution in [0.25, 0.3) is 0 Å². The molecule has 1 atom stereocenters. The Hall–Kier alpha value is -0.581. The molecule has 1 aliphatic heterocycles. The molecule has 1 rings (SSSR count). The van der Waals surface area contributed by atoms with Crippen molar-refractivity contribution in [3.8, 4) is 0 Å². The Bertz CT molecular complexity index is 171. The van der Waals surface area contributed by atoms with Crippen molar-refractivity contribution in [2.24, 2.45) is 5.73 Å². The van der Waals surface area contributed by atoms with Crippen molar-refractivity contribution >= 4 is 27.6 Å². The first-order chi connectivity index (χ1) is 4.70. The fourth-order valence-electron chi connectivity index (χ4n) is 0.447. The van der Waals surface area contributed by atoms with E-state index in [1.54, 1.807) is 0 Å². The van der Waals surface area contributed by atoms with Gasteiger partial charge in [-0.2, -0.15) is 0 Å². The van der Waals surface area contributed by atoms with Gasteiger partial charge < -0.3 is 0 Å². The molecule has 0 aromatic heterocycles. The van der Waals surface area contributed by atoms with Crippen LogP contribution in [-0.4, -0.2) is 33.6 Å². The maximum absolute atomic E-state index is 10.6. The number of carbonyl (C=O) groups excluding carboxylic acids is 2. The average Bonchev–Trinajstić information content (AvgIpc) is 1.96. The van der Waals surface area contributed by atoms with Gasteiger partial charge in [0, 0.05) is 0 Å². The first-order valence-corrected chi connectivity index (χ1v) is 3.93. The number of nitrogens with two attached hydrogens (primary N) is 1. The van der Waals surface area contributed by atoms with E-state index in [-0.39, 0.29) is 6.42 Å². The van der Waals surface area contributed by atoms with Crippen LogP contribution in [0.3, 0.4) is 0 Å². The summed E-state index contributed by atoms with van der Waals surface area (Å²) in [5, 5.41) is 0. The summed E-state index contributed by atoms with van der Waals surface area (Å²) >= 11 is -0.817. The quantitative estimate of drug-likeness (QED) is 0.484. The number of hydrogen-bond donors (Lipinski definition) is 1. The number of carbonyl (C=O) groups is 2. The summed E-state index contributed by atoms with van der Waals surface area (Å²) in [6.07, 6.45) is -0.0828. The molecule has 0 spiro atoms. The Labute approximate surface area is 63.7 Å². The molecule has 56 valence electrons. The minimum atomic E-state index is -0.850. The molecule has 1 aliphatic rings. The SMILES string of the molecule is N[C@@H]1CC(=O)O[Se]OC1=O. The zero-order valence-electron chi connectivity index (χ0n) is 4.90. The van der Waals surface area contributed by atoms with Crippen molar-refractivity contribution in [1.82, 2.24) is 0 Å². The Morgan fingerprint density at radius 3 is 2.90 bits per heavy atom. The van der Waals surface area contributed by atoms with Gasteiger partial charge in [-0.3, -0.25) is 0 Å². The topological polar surface area (TPSA) is 78.6 Å². The second kappa shape index (κ2) is 3.00. The van der Waals surface area contributed by atoms with Gasteiger partial charge in [0.15, 0.2) is 0 Å². The molecule has 0 amide bonds. The van der Waals surface area contributed by atoms with Crippen molar-refractivity contribution in [2.75, 3.05) is 0 Å². The summed E-state index contributed by atoms with van der Waals surface area (Å²) in [6, 6.07) is -0.850. The monoisotopic (exact) mass is 211 g/mol. The molecule has 1 fully saturated rings. The van der Waals surface area contributed by atoms with Crippen LogP contribution in [0.5, 0.6) is 0 Å². The maximum atomic E-state index is 10.6. The summed E-state index contributed by atoms with van der Waals surface area (Å²) in [4.78, 5) is 21.1. The van der Waals surface area contributed by atoms with Crippen LogP contribution in [0, 0.1) is 0 Å². The molecule has 0 aromatic rings. The summed E-state index contributed by atoms with van der Waals surface area (Å²) in [5.41, 5.74) is 5.20. The van der Waals surface area contributed by atoms with E-state index in [0.29, 0.717) is 0 Å². The van der Waals surface area contributed by atoms with E-state index < -0.39 is 33.6 Å². The third-order valence-corrected chi connectivity index (χ3v) is 1.95. The van der Waals surface area contributed by atoms with Crippen LogP contribution in [0.15, 0.2) is 0 Å². The van der Waals surface area contributed by atoms with Gasteiger partial charge >= 0.3 is 63.0 Å². The summed E-state index contributed by atoms with van der Waals surface area (Å²) in [6.45, 7) is 0. The van der Waals surface area contributed by atoms with E-state index in [9.17, 15) is 9.59 Å². The number of rotatable bonds is 0. The van der Waals surface area contributed by atoms with Crippen molar-refractivity contribution in [2.45, 2.75) is 12.5 Å². The van der Waals surface area contributed by atoms with E-state index in [2.05, 4.69) is 7.64 Å². The predicted molar refractivity (Wildman–Crippen MR) is 30.5 cm³/mol. The fraction of sp³-hybridized carbons (Fsp3) is 0.500. The van der Waals surface area contributed by atoms with Crippen molar-refractivity contribution in [1.29, 1.82) is 0 Å². The first-order valence-electron chi connectivity index (χ1n) is 2.53. The van der Waals surface area contributed by atoms with Gasteiger partial charge in [-0.1, -0.05) is 0 Å². The minimum absolute atomic E-state index is 0.0828. The molecule has 0 saturated carbocycles. The Morgan fingerprint density at radius 1 is 1.50 bits per heavy atom. The van der Waals surface area contributed by atoms with Crippen LogP contribution >= 0.6 is 0 Å². The Kier molecular flexibility index (Phi) is 2.26. The standard InChI is InChI=1S/C4H5NO4Se/c5-2-1-3(6)8-10-9-4(2)7/h2H,1,5H2/t2-/m1/s1. The van der Waals surface area contributed by atoms with Gasteiger partial charge in [-0.15, -0.1) is 0 Å². The third-order valence-electron chi connectivity index (χ3n) is 0.932. The van der Waals surface area contributed by atoms with Crippen LogP contribution in [-0.2, 0) is 17.2 Å². The zero-order valence-corrected chi connectivity index (χ0v) is 6.62. The zero-order chi connectivity index (χ0) is 7.56. The Balaban J connectivity index is 2.57. The second-order valence-electron chi connectivity index (χ2n) is 1.74. The molecule has 0 unspecified atom stereocenters. The van der Waals surface area contributed by atoms with Crippen molar-refractivity contribution < 1.29 is 17.2 Å². The molecule has 5 nitrogen and oxygen atoms in total. The van der Waals surface area contributed by atoms with Crippen molar-refractivity contribution in [3.05, 3.63) is 0 Å². The molecule has 6 heteroatoms. The van der Waals surface area contributed by atoms with Gasteiger partial charge in [0.05, 0.1) is 0 Å². The molecule has 0 aromatic carbocycles. The van der Waals surface area contributed by atoms with Gasteiger partial charge in [0.2, 0.25) is 0 Å². The van der Waals surface area contributed by atoms with Crippen LogP contribution in [0.1, 0.15) is 6.42 Å². The van der Waals surface area contributed by atoms with Crippen LogP contribution in [0.4, 0.5) is 0 Å². The summed E-state index contributed by atoms with van der Waals surface area (Å²) < 4.78 is 8.89. The van der Waals surface area contributed by atoms with Gasteiger partial charge in [-0.25, -0.2) is 0 Å². The number of hydrogen-bond acceptors (Lipinski definition) is 5. The first kappa shape index (κ1) is 7.53. The van der Waals surface area contributed by atoms with E-state index in [4.69, 9.17) is 5.73 Å². The molecule has 1 saturated heterocycles. The second-order valence-corrected chi connectivity index (χ2v) is 2.72. The molecular weight excluding hydrogens is 205 g/mol. The average molecular weight is 210 g/mol. The predicted octanol–water partition coefficient (Wildman–Crippen LogP) is -1.66. The summed E-state index contributed by atoms with van der Waals surface area (Å²) in [7, 11) is 0. The van der Waals surface area contributed by atoms with Crippen molar-refractivity contribution in [3.63, 3.8) is 0 Å². The van der Waals surface area contributed by atoms with Gasteiger partial charge in [-0.05, 0) is 0 Å². The van der Waals surface area contributed by atoms with Crippen LogP contribution < -0.4 is 5.73 Å². The molecule has 10 heavy (non-hydrogen) atoms. The summed E-state index contributed by atoms with van der Waals surface area (Å²) in [5.74, 6) is -1.04. The normalized spacial score (nSPS) is 26.7. The van der Waals surface area contributed by atoms with E-state index >= 15 is 0 Å². The van der Waals surface area contributed by atoms with Crippen LogP contribution in [0.2, 0.25) is 0 Å². The third kappa shape index (κ3) is 1.70. The molecule has 1 heterocycles. The molecule has 2 N–H and O–H groups in total. The van der Waals surface area contributed by atoms with E-state index in [1.165, 1.54) is 0 Å². The van der Waals surface area contributed by atoms with Gasteiger partial charge in [0.1, 0.15) is 0 Å². The van der Waals surface area contributed by atoms with Gasteiger partial charge in [0.25, 0.3) is 0 Å². The Morgan fingerprint density at radius 2 is 2.20 bits per heavy atom. The molecule has 0 aliphatic carbocycles. The molecule has 0 radical (unpaired) electrons. The molecule has 0 bridgehead atoms. The van der Waals surface area contributed by atoms with E-state index in [0.717, 1.165) is 0 Å². The molecular formula is C4H5NO4Se.